The van der Waals surface area contributed by atoms with Crippen molar-refractivity contribution < 1.29 is 8.42 Å². The summed E-state index contributed by atoms with van der Waals surface area (Å²) in [5, 5.41) is 0. The van der Waals surface area contributed by atoms with E-state index in [-0.39, 0.29) is 17.3 Å². The lowest BCUT2D eigenvalue weighted by Crippen LogP contribution is -2.33. The van der Waals surface area contributed by atoms with Crippen LogP contribution in [0.15, 0.2) is 46.2 Å². The Morgan fingerprint density at radius 1 is 1.25 bits per heavy atom. The normalized spacial score (nSPS) is 11.2. The molecule has 1 aromatic heterocycles. The van der Waals surface area contributed by atoms with Crippen molar-refractivity contribution >= 4 is 21.5 Å². The first-order valence-corrected chi connectivity index (χ1v) is 7.33. The predicted octanol–water partition coefficient (Wildman–Crippen LogP) is 0.567. The van der Waals surface area contributed by atoms with E-state index in [1.54, 1.807) is 6.92 Å². The number of hydrogen-bond donors (Lipinski definition) is 2. The van der Waals surface area contributed by atoms with Crippen LogP contribution in [0.1, 0.15) is 6.92 Å². The number of nitrogen functional groups attached to an aromatic ring is 1. The van der Waals surface area contributed by atoms with Gasteiger partial charge >= 0.3 is 5.69 Å². The summed E-state index contributed by atoms with van der Waals surface area (Å²) in [6, 6.07) is 7.30. The lowest BCUT2D eigenvalue weighted by molar-refractivity contribution is 0.591. The van der Waals surface area contributed by atoms with Gasteiger partial charge in [-0.05, 0) is 37.3 Å². The van der Waals surface area contributed by atoms with Crippen LogP contribution in [0.25, 0.3) is 0 Å². The number of H-pyrrole nitrogens is 1. The Labute approximate surface area is 116 Å². The summed E-state index contributed by atoms with van der Waals surface area (Å²) < 4.78 is 26.2. The second kappa shape index (κ2) is 5.33. The third kappa shape index (κ3) is 2.64. The van der Waals surface area contributed by atoms with E-state index >= 15 is 0 Å². The van der Waals surface area contributed by atoms with Crippen LogP contribution in [-0.4, -0.2) is 24.9 Å². The van der Waals surface area contributed by atoms with Gasteiger partial charge in [-0.1, -0.05) is 0 Å². The second-order valence-corrected chi connectivity index (χ2v) is 5.86. The topological polar surface area (TPSA) is 109 Å². The maximum Gasteiger partial charge on any atom is 0.346 e. The molecule has 2 rings (SSSR count). The lowest BCUT2D eigenvalue weighted by atomic mass is 10.3. The van der Waals surface area contributed by atoms with Crippen LogP contribution in [0.2, 0.25) is 0 Å². The van der Waals surface area contributed by atoms with E-state index < -0.39 is 15.7 Å². The summed E-state index contributed by atoms with van der Waals surface area (Å²) >= 11 is 0. The Morgan fingerprint density at radius 2 is 1.90 bits per heavy atom. The zero-order valence-electron chi connectivity index (χ0n) is 10.8. The fraction of sp³-hybridized carbons (Fsp3) is 0.167. The van der Waals surface area contributed by atoms with Gasteiger partial charge in [-0.15, -0.1) is 0 Å². The maximum absolute atomic E-state index is 12.5. The summed E-state index contributed by atoms with van der Waals surface area (Å²) in [5.41, 5.74) is 5.42. The van der Waals surface area contributed by atoms with E-state index in [2.05, 4.69) is 9.97 Å². The van der Waals surface area contributed by atoms with Gasteiger partial charge in [-0.2, -0.15) is 0 Å². The molecule has 1 heterocycles. The molecule has 7 nitrogen and oxygen atoms in total. The van der Waals surface area contributed by atoms with Gasteiger partial charge < -0.3 is 5.73 Å². The number of aromatic amines is 1. The molecule has 0 bridgehead atoms. The number of benzene rings is 1. The van der Waals surface area contributed by atoms with Gasteiger partial charge in [0.1, 0.15) is 5.82 Å². The minimum absolute atomic E-state index is 0.103. The number of anilines is 2. The van der Waals surface area contributed by atoms with Gasteiger partial charge in [0.05, 0.1) is 4.90 Å². The molecule has 0 atom stereocenters. The standard InChI is InChI=1S/C12H14N4O3S/c1-2-16(11-7-8-14-12(17)15-11)20(18,19)10-5-3-9(13)4-6-10/h3-8H,2,13H2,1H3,(H,14,15,17). The molecule has 0 aliphatic rings. The van der Waals surface area contributed by atoms with Crippen molar-refractivity contribution in [3.63, 3.8) is 0 Å². The van der Waals surface area contributed by atoms with Gasteiger partial charge in [0.25, 0.3) is 10.0 Å². The Morgan fingerprint density at radius 3 is 2.45 bits per heavy atom. The molecule has 2 aromatic rings. The molecular weight excluding hydrogens is 280 g/mol. The summed E-state index contributed by atoms with van der Waals surface area (Å²) in [6.45, 7) is 1.85. The van der Waals surface area contributed by atoms with Gasteiger partial charge in [-0.3, -0.25) is 9.29 Å². The Bertz CT molecular complexity index is 753. The fourth-order valence-electron chi connectivity index (χ4n) is 1.74. The number of nitrogens with zero attached hydrogens (tertiary/aromatic N) is 2. The molecule has 0 amide bonds. The van der Waals surface area contributed by atoms with E-state index in [1.165, 1.54) is 36.5 Å². The first kappa shape index (κ1) is 14.1. The van der Waals surface area contributed by atoms with Crippen molar-refractivity contribution in [2.75, 3.05) is 16.6 Å². The summed E-state index contributed by atoms with van der Waals surface area (Å²) in [4.78, 5) is 17.2. The highest BCUT2D eigenvalue weighted by atomic mass is 32.2. The van der Waals surface area contributed by atoms with Crippen LogP contribution >= 0.6 is 0 Å². The van der Waals surface area contributed by atoms with Crippen molar-refractivity contribution in [3.8, 4) is 0 Å². The largest absolute Gasteiger partial charge is 0.399 e. The van der Waals surface area contributed by atoms with E-state index in [9.17, 15) is 13.2 Å². The predicted molar refractivity (Wildman–Crippen MR) is 75.9 cm³/mol. The molecule has 106 valence electrons. The molecule has 0 aliphatic heterocycles. The fourth-order valence-corrected chi connectivity index (χ4v) is 3.18. The number of rotatable bonds is 4. The number of nitrogens with two attached hydrogens (primary N) is 1. The smallest absolute Gasteiger partial charge is 0.346 e. The van der Waals surface area contributed by atoms with E-state index in [0.717, 1.165) is 4.31 Å². The van der Waals surface area contributed by atoms with Gasteiger partial charge in [0.15, 0.2) is 0 Å². The van der Waals surface area contributed by atoms with Gasteiger partial charge in [0, 0.05) is 18.4 Å². The van der Waals surface area contributed by atoms with Crippen LogP contribution in [0.3, 0.4) is 0 Å². The molecule has 0 saturated heterocycles. The molecular formula is C12H14N4O3S. The minimum Gasteiger partial charge on any atom is -0.399 e. The van der Waals surface area contributed by atoms with Crippen molar-refractivity contribution in [2.45, 2.75) is 11.8 Å². The molecule has 0 saturated carbocycles. The van der Waals surface area contributed by atoms with E-state index in [4.69, 9.17) is 5.73 Å². The monoisotopic (exact) mass is 294 g/mol. The molecule has 8 heteroatoms. The van der Waals surface area contributed by atoms with E-state index in [1.807, 2.05) is 0 Å². The number of sulfonamides is 1. The van der Waals surface area contributed by atoms with Crippen molar-refractivity contribution in [2.24, 2.45) is 0 Å². The average molecular weight is 294 g/mol. The van der Waals surface area contributed by atoms with Gasteiger partial charge in [-0.25, -0.2) is 18.2 Å². The van der Waals surface area contributed by atoms with E-state index in [0.29, 0.717) is 5.69 Å². The van der Waals surface area contributed by atoms with Crippen LogP contribution < -0.4 is 15.7 Å². The first-order chi connectivity index (χ1) is 9.45. The molecule has 0 spiro atoms. The summed E-state index contributed by atoms with van der Waals surface area (Å²) in [7, 11) is -3.76. The highest BCUT2D eigenvalue weighted by molar-refractivity contribution is 7.92. The van der Waals surface area contributed by atoms with Gasteiger partial charge in [0.2, 0.25) is 0 Å². The molecule has 1 aromatic carbocycles. The molecule has 0 fully saturated rings. The molecule has 3 N–H and O–H groups in total. The number of hydrogen-bond acceptors (Lipinski definition) is 5. The highest BCUT2D eigenvalue weighted by Gasteiger charge is 2.24. The Hall–Kier alpha value is -2.35. The summed E-state index contributed by atoms with van der Waals surface area (Å²) in [5.74, 6) is 0.171. The van der Waals surface area contributed by atoms with Crippen LogP contribution in [0, 0.1) is 0 Å². The molecule has 0 radical (unpaired) electrons. The molecule has 0 unspecified atom stereocenters. The number of aromatic nitrogens is 2. The maximum atomic E-state index is 12.5. The number of nitrogens with one attached hydrogen (secondary N) is 1. The first-order valence-electron chi connectivity index (χ1n) is 5.88. The quantitative estimate of drug-likeness (QED) is 0.801. The molecule has 20 heavy (non-hydrogen) atoms. The molecule has 0 aliphatic carbocycles. The zero-order valence-corrected chi connectivity index (χ0v) is 11.6. The van der Waals surface area contributed by atoms with Crippen LogP contribution in [-0.2, 0) is 10.0 Å². The summed E-state index contributed by atoms with van der Waals surface area (Å²) in [6.07, 6.45) is 1.26. The minimum atomic E-state index is -3.76. The third-order valence-electron chi connectivity index (χ3n) is 2.68. The SMILES string of the molecule is CCN(c1ccnc(=O)[nH]1)S(=O)(=O)c1ccc(N)cc1. The Balaban J connectivity index is 2.50. The van der Waals surface area contributed by atoms with Crippen LogP contribution in [0.4, 0.5) is 11.5 Å². The average Bonchev–Trinajstić information content (AvgIpc) is 2.40. The van der Waals surface area contributed by atoms with Crippen molar-refractivity contribution in [1.29, 1.82) is 0 Å². The lowest BCUT2D eigenvalue weighted by Gasteiger charge is -2.22. The second-order valence-electron chi connectivity index (χ2n) is 4.00. The zero-order chi connectivity index (χ0) is 14.8. The van der Waals surface area contributed by atoms with Crippen molar-refractivity contribution in [1.82, 2.24) is 9.97 Å². The van der Waals surface area contributed by atoms with Crippen molar-refractivity contribution in [3.05, 3.63) is 47.0 Å². The third-order valence-corrected chi connectivity index (χ3v) is 4.59. The van der Waals surface area contributed by atoms with Crippen LogP contribution in [0.5, 0.6) is 0 Å². The Kier molecular flexibility index (Phi) is 3.75. The highest BCUT2D eigenvalue weighted by Crippen LogP contribution is 2.21.